The van der Waals surface area contributed by atoms with Gasteiger partial charge >= 0.3 is 6.61 Å². The van der Waals surface area contributed by atoms with Gasteiger partial charge in [-0.3, -0.25) is 9.59 Å². The molecule has 26 heavy (non-hydrogen) atoms. The van der Waals surface area contributed by atoms with Gasteiger partial charge in [-0.05, 0) is 36.2 Å². The van der Waals surface area contributed by atoms with E-state index in [0.717, 1.165) is 5.56 Å². The molecule has 0 aliphatic heterocycles. The minimum atomic E-state index is -2.85. The molecule has 2 amide bonds. The summed E-state index contributed by atoms with van der Waals surface area (Å²) in [6, 6.07) is 13.2. The largest absolute Gasteiger partial charge is 0.435 e. The van der Waals surface area contributed by atoms with Crippen LogP contribution in [0.2, 0.25) is 0 Å². The number of benzene rings is 2. The Bertz CT molecular complexity index is 754. The van der Waals surface area contributed by atoms with Crippen LogP contribution < -0.4 is 15.8 Å². The van der Waals surface area contributed by atoms with Gasteiger partial charge in [0.25, 0.3) is 5.91 Å². The molecule has 0 aliphatic carbocycles. The van der Waals surface area contributed by atoms with E-state index in [0.29, 0.717) is 23.4 Å². The predicted octanol–water partition coefficient (Wildman–Crippen LogP) is 2.84. The summed E-state index contributed by atoms with van der Waals surface area (Å²) < 4.78 is 28.5. The van der Waals surface area contributed by atoms with Gasteiger partial charge in [0.2, 0.25) is 5.91 Å². The minimum absolute atomic E-state index is 0.0909. The molecule has 0 atom stereocenters. The van der Waals surface area contributed by atoms with Gasteiger partial charge in [0.05, 0.1) is 11.3 Å². The monoisotopic (exact) mass is 380 g/mol. The maximum absolute atomic E-state index is 12.3. The van der Waals surface area contributed by atoms with Crippen LogP contribution in [0.5, 0.6) is 5.75 Å². The number of alkyl halides is 2. The van der Waals surface area contributed by atoms with Gasteiger partial charge in [-0.15, -0.1) is 11.8 Å². The fourth-order valence-electron chi connectivity index (χ4n) is 2.18. The number of hydrogen-bond acceptors (Lipinski definition) is 4. The van der Waals surface area contributed by atoms with E-state index in [1.54, 1.807) is 36.4 Å². The highest BCUT2D eigenvalue weighted by Gasteiger charge is 2.11. The number of carbonyl (C=O) groups excluding carboxylic acids is 2. The van der Waals surface area contributed by atoms with Crippen molar-refractivity contribution in [3.05, 3.63) is 59.7 Å². The number of thioether (sulfide) groups is 1. The van der Waals surface area contributed by atoms with Crippen LogP contribution in [0.15, 0.2) is 53.4 Å². The number of nitrogens with two attached hydrogens (primary N) is 1. The number of halogens is 2. The van der Waals surface area contributed by atoms with Crippen LogP contribution in [0.1, 0.15) is 15.9 Å². The second kappa shape index (κ2) is 9.76. The second-order valence-electron chi connectivity index (χ2n) is 5.28. The van der Waals surface area contributed by atoms with Crippen molar-refractivity contribution in [1.29, 1.82) is 0 Å². The van der Waals surface area contributed by atoms with Crippen molar-refractivity contribution >= 4 is 23.6 Å². The Morgan fingerprint density at radius 1 is 1.12 bits per heavy atom. The number of primary amides is 1. The van der Waals surface area contributed by atoms with Gasteiger partial charge in [-0.25, -0.2) is 0 Å². The average Bonchev–Trinajstić information content (AvgIpc) is 2.61. The molecule has 2 rings (SSSR count). The fourth-order valence-corrected chi connectivity index (χ4v) is 2.97. The van der Waals surface area contributed by atoms with E-state index >= 15 is 0 Å². The predicted molar refractivity (Wildman–Crippen MR) is 95.5 cm³/mol. The summed E-state index contributed by atoms with van der Waals surface area (Å²) in [4.78, 5) is 23.9. The highest BCUT2D eigenvalue weighted by Crippen LogP contribution is 2.22. The first-order chi connectivity index (χ1) is 12.5. The number of carbonyl (C=O) groups is 2. The van der Waals surface area contributed by atoms with Crippen molar-refractivity contribution in [2.45, 2.75) is 17.9 Å². The SMILES string of the molecule is NC(=O)CSc1ccccc1C(=O)NCCc1ccc(OC(F)F)cc1. The van der Waals surface area contributed by atoms with E-state index in [-0.39, 0.29) is 17.4 Å². The molecule has 0 fully saturated rings. The van der Waals surface area contributed by atoms with Crippen molar-refractivity contribution in [2.75, 3.05) is 12.3 Å². The first-order valence-corrected chi connectivity index (χ1v) is 8.76. The zero-order valence-corrected chi connectivity index (χ0v) is 14.6. The Kier molecular flexibility index (Phi) is 7.40. The molecule has 138 valence electrons. The van der Waals surface area contributed by atoms with Crippen LogP contribution in [0.25, 0.3) is 0 Å². The molecular weight excluding hydrogens is 362 g/mol. The molecule has 0 saturated carbocycles. The molecule has 0 saturated heterocycles. The lowest BCUT2D eigenvalue weighted by Crippen LogP contribution is -2.26. The molecule has 2 aromatic rings. The quantitative estimate of drug-likeness (QED) is 0.656. The summed E-state index contributed by atoms with van der Waals surface area (Å²) in [5, 5.41) is 2.80. The molecule has 0 heterocycles. The number of hydrogen-bond donors (Lipinski definition) is 2. The third-order valence-corrected chi connectivity index (χ3v) is 4.45. The Morgan fingerprint density at radius 2 is 1.81 bits per heavy atom. The summed E-state index contributed by atoms with van der Waals surface area (Å²) >= 11 is 1.21. The fraction of sp³-hybridized carbons (Fsp3) is 0.222. The highest BCUT2D eigenvalue weighted by atomic mass is 32.2. The van der Waals surface area contributed by atoms with Crippen LogP contribution in [0.3, 0.4) is 0 Å². The smallest absolute Gasteiger partial charge is 0.387 e. The number of rotatable bonds is 9. The Labute approximate surface area is 153 Å². The van der Waals surface area contributed by atoms with Crippen LogP contribution in [0, 0.1) is 0 Å². The maximum Gasteiger partial charge on any atom is 0.387 e. The molecule has 0 spiro atoms. The number of nitrogens with one attached hydrogen (secondary N) is 1. The first kappa shape index (κ1) is 19.7. The van der Waals surface area contributed by atoms with Crippen molar-refractivity contribution in [3.63, 3.8) is 0 Å². The van der Waals surface area contributed by atoms with E-state index in [4.69, 9.17) is 5.73 Å². The van der Waals surface area contributed by atoms with Gasteiger partial charge in [-0.1, -0.05) is 24.3 Å². The van der Waals surface area contributed by atoms with Gasteiger partial charge in [0, 0.05) is 11.4 Å². The summed E-state index contributed by atoms with van der Waals surface area (Å²) in [7, 11) is 0. The molecule has 3 N–H and O–H groups in total. The van der Waals surface area contributed by atoms with Crippen molar-refractivity contribution in [3.8, 4) is 5.75 Å². The molecule has 0 aromatic heterocycles. The normalized spacial score (nSPS) is 10.6. The van der Waals surface area contributed by atoms with Crippen LogP contribution in [0.4, 0.5) is 8.78 Å². The van der Waals surface area contributed by atoms with Crippen molar-refractivity contribution in [2.24, 2.45) is 5.73 Å². The molecule has 0 bridgehead atoms. The molecule has 0 aliphatic rings. The lowest BCUT2D eigenvalue weighted by molar-refractivity contribution is -0.115. The summed E-state index contributed by atoms with van der Waals surface area (Å²) in [6.45, 7) is -2.48. The van der Waals surface area contributed by atoms with Crippen molar-refractivity contribution in [1.82, 2.24) is 5.32 Å². The van der Waals surface area contributed by atoms with Gasteiger partial charge < -0.3 is 15.8 Å². The number of amides is 2. The zero-order chi connectivity index (χ0) is 18.9. The van der Waals surface area contributed by atoms with E-state index in [2.05, 4.69) is 10.1 Å². The molecular formula is C18H18F2N2O3S. The molecule has 0 radical (unpaired) electrons. The van der Waals surface area contributed by atoms with Crippen LogP contribution in [-0.4, -0.2) is 30.7 Å². The third-order valence-electron chi connectivity index (χ3n) is 3.35. The van der Waals surface area contributed by atoms with E-state index in [1.807, 2.05) is 0 Å². The number of ether oxygens (including phenoxy) is 1. The molecule has 5 nitrogen and oxygen atoms in total. The lowest BCUT2D eigenvalue weighted by Gasteiger charge is -2.10. The Hall–Kier alpha value is -2.61. The summed E-state index contributed by atoms with van der Waals surface area (Å²) in [5.41, 5.74) is 6.49. The zero-order valence-electron chi connectivity index (χ0n) is 13.8. The molecule has 8 heteroatoms. The van der Waals surface area contributed by atoms with E-state index in [1.165, 1.54) is 23.9 Å². The van der Waals surface area contributed by atoms with Gasteiger partial charge in [0.15, 0.2) is 0 Å². The third kappa shape index (κ3) is 6.36. The van der Waals surface area contributed by atoms with E-state index in [9.17, 15) is 18.4 Å². The lowest BCUT2D eigenvalue weighted by atomic mass is 10.1. The van der Waals surface area contributed by atoms with Crippen LogP contribution >= 0.6 is 11.8 Å². The molecule has 0 unspecified atom stereocenters. The molecule has 2 aromatic carbocycles. The Balaban J connectivity index is 1.88. The minimum Gasteiger partial charge on any atom is -0.435 e. The summed E-state index contributed by atoms with van der Waals surface area (Å²) in [5.74, 6) is -0.523. The van der Waals surface area contributed by atoms with Gasteiger partial charge in [0.1, 0.15) is 5.75 Å². The second-order valence-corrected chi connectivity index (χ2v) is 6.30. The highest BCUT2D eigenvalue weighted by molar-refractivity contribution is 8.00. The maximum atomic E-state index is 12.3. The van der Waals surface area contributed by atoms with Crippen LogP contribution in [-0.2, 0) is 11.2 Å². The van der Waals surface area contributed by atoms with E-state index < -0.39 is 12.5 Å². The standard InChI is InChI=1S/C18H18F2N2O3S/c19-18(20)25-13-7-5-12(6-8-13)9-10-22-17(24)14-3-1-2-4-15(14)26-11-16(21)23/h1-8,18H,9-11H2,(H2,21,23)(H,22,24). The Morgan fingerprint density at radius 3 is 2.46 bits per heavy atom. The van der Waals surface area contributed by atoms with Gasteiger partial charge in [-0.2, -0.15) is 8.78 Å². The topological polar surface area (TPSA) is 81.4 Å². The summed E-state index contributed by atoms with van der Waals surface area (Å²) in [6.07, 6.45) is 0.539. The first-order valence-electron chi connectivity index (χ1n) is 7.78. The average molecular weight is 380 g/mol. The van der Waals surface area contributed by atoms with Crippen molar-refractivity contribution < 1.29 is 23.1 Å².